The van der Waals surface area contributed by atoms with E-state index < -0.39 is 0 Å². The van der Waals surface area contributed by atoms with E-state index in [0.717, 1.165) is 6.42 Å². The minimum Gasteiger partial charge on any atom is -0.390 e. The number of thioether (sulfide) groups is 1. The van der Waals surface area contributed by atoms with E-state index in [-0.39, 0.29) is 5.60 Å². The van der Waals surface area contributed by atoms with Crippen molar-refractivity contribution >= 4 is 17.5 Å². The van der Waals surface area contributed by atoms with E-state index in [1.807, 2.05) is 32.5 Å². The summed E-state index contributed by atoms with van der Waals surface area (Å²) in [5.74, 6) is 1.19. The van der Waals surface area contributed by atoms with Gasteiger partial charge in [0.25, 0.3) is 0 Å². The molecule has 0 saturated carbocycles. The van der Waals surface area contributed by atoms with Gasteiger partial charge in [0, 0.05) is 5.25 Å². The molecule has 0 aliphatic carbocycles. The van der Waals surface area contributed by atoms with Crippen molar-refractivity contribution in [3.8, 4) is 0 Å². The first-order chi connectivity index (χ1) is 5.49. The topological polar surface area (TPSA) is 21.6 Å². The highest BCUT2D eigenvalue weighted by atomic mass is 32.2. The maximum Gasteiger partial charge on any atom is 0.129 e. The van der Waals surface area contributed by atoms with Gasteiger partial charge in [0.2, 0.25) is 0 Å². The largest absolute Gasteiger partial charge is 0.390 e. The Labute approximate surface area is 78.7 Å². The van der Waals surface area contributed by atoms with E-state index in [1.165, 1.54) is 11.5 Å². The van der Waals surface area contributed by atoms with Crippen molar-refractivity contribution in [1.29, 1.82) is 0 Å². The third-order valence-electron chi connectivity index (χ3n) is 1.63. The molecule has 1 aliphatic rings. The van der Waals surface area contributed by atoms with E-state index in [0.29, 0.717) is 5.25 Å². The highest BCUT2D eigenvalue weighted by molar-refractivity contribution is 8.01. The van der Waals surface area contributed by atoms with Crippen LogP contribution in [0.15, 0.2) is 5.16 Å². The zero-order valence-corrected chi connectivity index (χ0v) is 9.07. The van der Waals surface area contributed by atoms with E-state index in [9.17, 15) is 0 Å². The fraction of sp³-hybridized carbons (Fsp3) is 0.889. The van der Waals surface area contributed by atoms with Crippen LogP contribution in [0.3, 0.4) is 0 Å². The predicted molar refractivity (Wildman–Crippen MR) is 54.8 cm³/mol. The standard InChI is InChI=1S/C9H17NOS/c1-7-8(5-6-12-7)10-11-9(2,3)4/h7H,5-6H2,1-4H3/b10-8-. The van der Waals surface area contributed by atoms with Gasteiger partial charge in [0.05, 0.1) is 5.71 Å². The monoisotopic (exact) mass is 187 g/mol. The molecule has 0 radical (unpaired) electrons. The quantitative estimate of drug-likeness (QED) is 0.589. The van der Waals surface area contributed by atoms with Crippen molar-refractivity contribution in [2.24, 2.45) is 5.16 Å². The second-order valence-electron chi connectivity index (χ2n) is 4.05. The number of rotatable bonds is 1. The highest BCUT2D eigenvalue weighted by Gasteiger charge is 2.20. The fourth-order valence-corrected chi connectivity index (χ4v) is 1.99. The summed E-state index contributed by atoms with van der Waals surface area (Å²) in [6, 6.07) is 0. The summed E-state index contributed by atoms with van der Waals surface area (Å²) in [4.78, 5) is 5.36. The maximum atomic E-state index is 5.36. The Bertz CT molecular complexity index is 183. The van der Waals surface area contributed by atoms with Crippen molar-refractivity contribution in [2.75, 3.05) is 5.75 Å². The van der Waals surface area contributed by atoms with Crippen molar-refractivity contribution in [3.05, 3.63) is 0 Å². The van der Waals surface area contributed by atoms with Crippen molar-refractivity contribution < 1.29 is 4.84 Å². The molecule has 0 N–H and O–H groups in total. The Morgan fingerprint density at radius 1 is 1.50 bits per heavy atom. The lowest BCUT2D eigenvalue weighted by Crippen LogP contribution is -2.18. The SMILES string of the molecule is CC1SCC/C1=N/OC(C)(C)C. The lowest BCUT2D eigenvalue weighted by molar-refractivity contribution is 0.000428. The zero-order valence-electron chi connectivity index (χ0n) is 8.26. The summed E-state index contributed by atoms with van der Waals surface area (Å²) in [5, 5.41) is 4.72. The lowest BCUT2D eigenvalue weighted by Gasteiger charge is -2.16. The summed E-state index contributed by atoms with van der Waals surface area (Å²) in [7, 11) is 0. The van der Waals surface area contributed by atoms with Gasteiger partial charge in [0.15, 0.2) is 0 Å². The first-order valence-corrected chi connectivity index (χ1v) is 5.40. The van der Waals surface area contributed by atoms with Crippen molar-refractivity contribution in [2.45, 2.75) is 45.0 Å². The first-order valence-electron chi connectivity index (χ1n) is 4.35. The molecule has 0 bridgehead atoms. The van der Waals surface area contributed by atoms with Crippen LogP contribution in [0, 0.1) is 0 Å². The van der Waals surface area contributed by atoms with Crippen LogP contribution in [-0.2, 0) is 4.84 Å². The van der Waals surface area contributed by atoms with E-state index >= 15 is 0 Å². The van der Waals surface area contributed by atoms with Gasteiger partial charge in [-0.15, -0.1) is 0 Å². The molecule has 0 aromatic rings. The second-order valence-corrected chi connectivity index (χ2v) is 5.50. The number of oxime groups is 1. The summed E-state index contributed by atoms with van der Waals surface area (Å²) >= 11 is 1.95. The Kier molecular flexibility index (Phi) is 3.04. The van der Waals surface area contributed by atoms with Gasteiger partial charge in [-0.1, -0.05) is 5.16 Å². The molecule has 1 rings (SSSR count). The Morgan fingerprint density at radius 3 is 2.58 bits per heavy atom. The third-order valence-corrected chi connectivity index (χ3v) is 2.84. The van der Waals surface area contributed by atoms with Crippen LogP contribution in [0.5, 0.6) is 0 Å². The summed E-state index contributed by atoms with van der Waals surface area (Å²) in [5.41, 5.74) is 1.05. The molecule has 3 heteroatoms. The second kappa shape index (κ2) is 3.69. The smallest absolute Gasteiger partial charge is 0.129 e. The van der Waals surface area contributed by atoms with E-state index in [2.05, 4.69) is 12.1 Å². The molecule has 1 unspecified atom stereocenters. The van der Waals surface area contributed by atoms with E-state index in [4.69, 9.17) is 4.84 Å². The Balaban J connectivity index is 2.46. The minimum atomic E-state index is -0.153. The van der Waals surface area contributed by atoms with Crippen LogP contribution in [0.1, 0.15) is 34.1 Å². The number of hydrogen-bond donors (Lipinski definition) is 0. The van der Waals surface area contributed by atoms with Gasteiger partial charge in [-0.25, -0.2) is 0 Å². The maximum absolute atomic E-state index is 5.36. The molecule has 2 nitrogen and oxygen atoms in total. The molecule has 70 valence electrons. The molecule has 0 aromatic carbocycles. The van der Waals surface area contributed by atoms with Crippen LogP contribution in [0.4, 0.5) is 0 Å². The van der Waals surface area contributed by atoms with Crippen LogP contribution in [0.25, 0.3) is 0 Å². The fourth-order valence-electron chi connectivity index (χ4n) is 0.955. The molecule has 0 aromatic heterocycles. The predicted octanol–water partition coefficient (Wildman–Crippen LogP) is 2.68. The summed E-state index contributed by atoms with van der Waals surface area (Å²) in [6.07, 6.45) is 1.09. The van der Waals surface area contributed by atoms with Crippen molar-refractivity contribution in [1.82, 2.24) is 0 Å². The number of nitrogens with zero attached hydrogens (tertiary/aromatic N) is 1. The molecule has 1 heterocycles. The van der Waals surface area contributed by atoms with Crippen molar-refractivity contribution in [3.63, 3.8) is 0 Å². The van der Waals surface area contributed by atoms with Gasteiger partial charge in [-0.3, -0.25) is 0 Å². The van der Waals surface area contributed by atoms with E-state index in [1.54, 1.807) is 0 Å². The lowest BCUT2D eigenvalue weighted by atomic mass is 10.2. The summed E-state index contributed by atoms with van der Waals surface area (Å²) in [6.45, 7) is 8.24. The summed E-state index contributed by atoms with van der Waals surface area (Å²) < 4.78 is 0. The molecule has 0 amide bonds. The Hall–Kier alpha value is -0.180. The molecule has 12 heavy (non-hydrogen) atoms. The zero-order chi connectivity index (χ0) is 9.19. The van der Waals surface area contributed by atoms with Crippen LogP contribution >= 0.6 is 11.8 Å². The van der Waals surface area contributed by atoms with Crippen LogP contribution in [-0.4, -0.2) is 22.3 Å². The van der Waals surface area contributed by atoms with Gasteiger partial charge in [-0.05, 0) is 39.9 Å². The molecule has 1 saturated heterocycles. The van der Waals surface area contributed by atoms with Gasteiger partial charge < -0.3 is 4.84 Å². The molecule has 0 spiro atoms. The first kappa shape index (κ1) is 9.90. The molecular weight excluding hydrogens is 170 g/mol. The average Bonchev–Trinajstić information content (AvgIpc) is 2.29. The molecule has 1 aliphatic heterocycles. The normalized spacial score (nSPS) is 28.0. The highest BCUT2D eigenvalue weighted by Crippen LogP contribution is 2.24. The van der Waals surface area contributed by atoms with Gasteiger partial charge in [-0.2, -0.15) is 11.8 Å². The number of hydrogen-bond acceptors (Lipinski definition) is 3. The molecule has 1 fully saturated rings. The van der Waals surface area contributed by atoms with Gasteiger partial charge in [0.1, 0.15) is 5.60 Å². The Morgan fingerprint density at radius 2 is 2.17 bits per heavy atom. The average molecular weight is 187 g/mol. The molecule has 1 atom stereocenters. The van der Waals surface area contributed by atoms with Crippen LogP contribution in [0.2, 0.25) is 0 Å². The molecular formula is C9H17NOS. The minimum absolute atomic E-state index is 0.153. The van der Waals surface area contributed by atoms with Gasteiger partial charge >= 0.3 is 0 Å². The van der Waals surface area contributed by atoms with Crippen LogP contribution < -0.4 is 0 Å². The third kappa shape index (κ3) is 3.05.